The van der Waals surface area contributed by atoms with Crippen LogP contribution in [-0.4, -0.2) is 7.28 Å². The van der Waals surface area contributed by atoms with Crippen LogP contribution in [0.5, 0.6) is 0 Å². The second-order valence-corrected chi connectivity index (χ2v) is 4.27. The fraction of sp³-hybridized carbons (Fsp3) is 0. The Bertz CT molecular complexity index is 562. The fourth-order valence-electron chi connectivity index (χ4n) is 2.04. The van der Waals surface area contributed by atoms with Gasteiger partial charge in [0.15, 0.2) is 7.28 Å². The van der Waals surface area contributed by atoms with Gasteiger partial charge in [0.25, 0.3) is 0 Å². The van der Waals surface area contributed by atoms with E-state index in [1.165, 1.54) is 5.47 Å². The predicted molar refractivity (Wildman–Crippen MR) is 89.4 cm³/mol. The summed E-state index contributed by atoms with van der Waals surface area (Å²) in [6, 6.07) is 0. The van der Waals surface area contributed by atoms with Crippen molar-refractivity contribution in [1.82, 2.24) is 0 Å². The van der Waals surface area contributed by atoms with E-state index in [-0.39, 0.29) is 0 Å². The standard InChI is InChI=1S/C18H19B/c1-7-13(5)11-12-17-18(14(6)8-2)15(9-3)16(10-4)19-17/h7-12,19H,1-6H2/b12-11-. The van der Waals surface area contributed by atoms with Crippen molar-refractivity contribution in [2.75, 3.05) is 0 Å². The zero-order valence-corrected chi connectivity index (χ0v) is 11.4. The molecule has 0 saturated carbocycles. The monoisotopic (exact) mass is 246 g/mol. The fourth-order valence-corrected chi connectivity index (χ4v) is 2.04. The van der Waals surface area contributed by atoms with Gasteiger partial charge in [0.1, 0.15) is 0 Å². The van der Waals surface area contributed by atoms with Gasteiger partial charge in [-0.25, -0.2) is 0 Å². The Morgan fingerprint density at radius 2 is 1.58 bits per heavy atom. The van der Waals surface area contributed by atoms with Gasteiger partial charge >= 0.3 is 0 Å². The summed E-state index contributed by atoms with van der Waals surface area (Å²) in [5, 5.41) is 0. The highest BCUT2D eigenvalue weighted by Gasteiger charge is 2.21. The minimum Gasteiger partial charge on any atom is -0.0996 e. The molecule has 1 aliphatic heterocycles. The minimum atomic E-state index is 0.827. The van der Waals surface area contributed by atoms with E-state index in [1.54, 1.807) is 12.2 Å². The van der Waals surface area contributed by atoms with Crippen molar-refractivity contribution in [2.24, 2.45) is 0 Å². The third kappa shape index (κ3) is 3.14. The van der Waals surface area contributed by atoms with E-state index in [0.717, 1.165) is 35.0 Å². The Balaban J connectivity index is 3.30. The first-order valence-electron chi connectivity index (χ1n) is 6.11. The lowest BCUT2D eigenvalue weighted by atomic mass is 9.65. The van der Waals surface area contributed by atoms with E-state index in [0.29, 0.717) is 0 Å². The molecule has 19 heavy (non-hydrogen) atoms. The summed E-state index contributed by atoms with van der Waals surface area (Å²) in [7, 11) is 0.827. The smallest absolute Gasteiger partial charge is 0.0996 e. The molecule has 0 nitrogen and oxygen atoms in total. The average molecular weight is 246 g/mol. The van der Waals surface area contributed by atoms with Gasteiger partial charge in [0, 0.05) is 0 Å². The van der Waals surface area contributed by atoms with Crippen LogP contribution in [0.2, 0.25) is 0 Å². The molecule has 94 valence electrons. The van der Waals surface area contributed by atoms with E-state index in [2.05, 4.69) is 39.5 Å². The lowest BCUT2D eigenvalue weighted by molar-refractivity contribution is 1.48. The maximum atomic E-state index is 4.05. The molecule has 0 radical (unpaired) electrons. The average Bonchev–Trinajstić information content (AvgIpc) is 2.81. The van der Waals surface area contributed by atoms with Gasteiger partial charge in [-0.05, 0) is 22.3 Å². The van der Waals surface area contributed by atoms with Gasteiger partial charge in [-0.1, -0.05) is 86.9 Å². The van der Waals surface area contributed by atoms with Gasteiger partial charge in [0.05, 0.1) is 0 Å². The maximum Gasteiger partial charge on any atom is 0.193 e. The number of allylic oxidation sites excluding steroid dienone is 12. The summed E-state index contributed by atoms with van der Waals surface area (Å²) in [6.07, 6.45) is 11.2. The molecule has 1 heterocycles. The molecule has 0 saturated heterocycles. The zero-order chi connectivity index (χ0) is 14.4. The SMILES string of the molecule is C=CC(=C)/C=C\C1=C(C(=C)C=C)C(C=C)=C(C=C)B1. The molecular weight excluding hydrogens is 227 g/mol. The molecule has 0 aliphatic carbocycles. The summed E-state index contributed by atoms with van der Waals surface area (Å²) in [5.41, 5.74) is 6.30. The molecule has 0 aromatic carbocycles. The summed E-state index contributed by atoms with van der Waals surface area (Å²) in [4.78, 5) is 0. The van der Waals surface area contributed by atoms with Gasteiger partial charge in [-0.2, -0.15) is 0 Å². The normalized spacial score (nSPS) is 14.3. The summed E-state index contributed by atoms with van der Waals surface area (Å²) >= 11 is 0. The van der Waals surface area contributed by atoms with Crippen LogP contribution in [-0.2, 0) is 0 Å². The van der Waals surface area contributed by atoms with Gasteiger partial charge in [-0.15, -0.1) is 0 Å². The zero-order valence-electron chi connectivity index (χ0n) is 11.4. The Hall–Kier alpha value is -2.28. The molecule has 0 unspecified atom stereocenters. The molecule has 0 N–H and O–H groups in total. The van der Waals surface area contributed by atoms with Crippen LogP contribution in [0.25, 0.3) is 0 Å². The van der Waals surface area contributed by atoms with Crippen LogP contribution in [0, 0.1) is 0 Å². The maximum absolute atomic E-state index is 4.05. The Kier molecular flexibility index (Phi) is 5.14. The van der Waals surface area contributed by atoms with E-state index in [4.69, 9.17) is 0 Å². The van der Waals surface area contributed by atoms with Crippen molar-refractivity contribution in [3.63, 3.8) is 0 Å². The molecule has 1 aliphatic rings. The Morgan fingerprint density at radius 3 is 2.05 bits per heavy atom. The first-order chi connectivity index (χ1) is 9.08. The molecule has 0 bridgehead atoms. The van der Waals surface area contributed by atoms with Crippen molar-refractivity contribution in [3.8, 4) is 0 Å². The van der Waals surface area contributed by atoms with Crippen molar-refractivity contribution < 1.29 is 0 Å². The third-order valence-electron chi connectivity index (χ3n) is 3.10. The molecular formula is C18H19B. The van der Waals surface area contributed by atoms with Gasteiger partial charge < -0.3 is 0 Å². The highest BCUT2D eigenvalue weighted by molar-refractivity contribution is 6.58. The van der Waals surface area contributed by atoms with Crippen molar-refractivity contribution in [2.45, 2.75) is 0 Å². The number of hydrogen-bond acceptors (Lipinski definition) is 0. The van der Waals surface area contributed by atoms with E-state index in [9.17, 15) is 0 Å². The van der Waals surface area contributed by atoms with Crippen molar-refractivity contribution in [3.05, 3.63) is 109 Å². The second kappa shape index (κ2) is 6.60. The van der Waals surface area contributed by atoms with Crippen LogP contribution in [0.1, 0.15) is 0 Å². The molecule has 0 aromatic rings. The summed E-state index contributed by atoms with van der Waals surface area (Å²) in [5.74, 6) is 0. The van der Waals surface area contributed by atoms with Crippen LogP contribution in [0.3, 0.4) is 0 Å². The molecule has 0 atom stereocenters. The highest BCUT2D eigenvalue weighted by atomic mass is 14.2. The quantitative estimate of drug-likeness (QED) is 0.462. The van der Waals surface area contributed by atoms with Crippen LogP contribution in [0.15, 0.2) is 109 Å². The number of hydrogen-bond donors (Lipinski definition) is 0. The first-order valence-corrected chi connectivity index (χ1v) is 6.11. The van der Waals surface area contributed by atoms with Gasteiger partial charge in [-0.3, -0.25) is 0 Å². The second-order valence-electron chi connectivity index (χ2n) is 4.27. The molecule has 0 spiro atoms. The molecule has 0 aromatic heterocycles. The largest absolute Gasteiger partial charge is 0.193 e. The van der Waals surface area contributed by atoms with Gasteiger partial charge in [0.2, 0.25) is 0 Å². The topological polar surface area (TPSA) is 0 Å². The Labute approximate surface area is 117 Å². The number of rotatable bonds is 7. The summed E-state index contributed by atoms with van der Waals surface area (Å²) in [6.45, 7) is 23.2. The first kappa shape index (κ1) is 14.8. The lowest BCUT2D eigenvalue weighted by Crippen LogP contribution is -1.93. The molecule has 0 amide bonds. The summed E-state index contributed by atoms with van der Waals surface area (Å²) < 4.78 is 0. The van der Waals surface area contributed by atoms with E-state index in [1.807, 2.05) is 24.3 Å². The van der Waals surface area contributed by atoms with Crippen LogP contribution < -0.4 is 0 Å². The predicted octanol–water partition coefficient (Wildman–Crippen LogP) is 4.36. The van der Waals surface area contributed by atoms with Crippen molar-refractivity contribution >= 4 is 7.28 Å². The molecule has 1 rings (SSSR count). The molecule has 1 heteroatoms. The van der Waals surface area contributed by atoms with Crippen LogP contribution >= 0.6 is 0 Å². The van der Waals surface area contributed by atoms with Crippen LogP contribution in [0.4, 0.5) is 0 Å². The lowest BCUT2D eigenvalue weighted by Gasteiger charge is -2.08. The Morgan fingerprint density at radius 1 is 0.895 bits per heavy atom. The molecule has 0 fully saturated rings. The minimum absolute atomic E-state index is 0.827. The third-order valence-corrected chi connectivity index (χ3v) is 3.10. The van der Waals surface area contributed by atoms with E-state index < -0.39 is 0 Å². The highest BCUT2D eigenvalue weighted by Crippen LogP contribution is 2.33. The van der Waals surface area contributed by atoms with Crippen molar-refractivity contribution in [1.29, 1.82) is 0 Å². The van der Waals surface area contributed by atoms with E-state index >= 15 is 0 Å².